The summed E-state index contributed by atoms with van der Waals surface area (Å²) in [5, 5.41) is 2.78. The molecule has 2 rings (SSSR count). The van der Waals surface area contributed by atoms with Gasteiger partial charge in [-0.3, -0.25) is 4.90 Å². The Kier molecular flexibility index (Phi) is 3.80. The lowest BCUT2D eigenvalue weighted by atomic mass is 10.0. The number of nitrogens with zero attached hydrogens (tertiary/aromatic N) is 1. The molecule has 0 radical (unpaired) electrons. The molecule has 0 spiro atoms. The van der Waals surface area contributed by atoms with Gasteiger partial charge in [0.25, 0.3) is 0 Å². The minimum atomic E-state index is -0.848. The topological polar surface area (TPSA) is 41.6 Å². The standard InChI is InChI=1S/C13H23FN2O2/c1-13(2,3)18-12(17)15-10-6-9(14)7-16(8-10)11-4-5-11/h9-11H,4-8H2,1-3H3,(H,15,17)/t9-,10-/m1/s1. The normalized spacial score (nSPS) is 30.0. The van der Waals surface area contributed by atoms with Gasteiger partial charge in [0.05, 0.1) is 0 Å². The van der Waals surface area contributed by atoms with Gasteiger partial charge in [-0.25, -0.2) is 9.18 Å². The van der Waals surface area contributed by atoms with Crippen LogP contribution in [-0.2, 0) is 4.74 Å². The lowest BCUT2D eigenvalue weighted by Gasteiger charge is -2.35. The average Bonchev–Trinajstić information content (AvgIpc) is 2.95. The monoisotopic (exact) mass is 258 g/mol. The van der Waals surface area contributed by atoms with E-state index in [0.29, 0.717) is 19.0 Å². The third-order valence-corrected chi connectivity index (χ3v) is 3.21. The van der Waals surface area contributed by atoms with Gasteiger partial charge < -0.3 is 10.1 Å². The average molecular weight is 258 g/mol. The predicted octanol–water partition coefficient (Wildman–Crippen LogP) is 2.09. The van der Waals surface area contributed by atoms with Gasteiger partial charge in [0, 0.05) is 31.6 Å². The van der Waals surface area contributed by atoms with Gasteiger partial charge in [-0.05, 0) is 33.6 Å². The molecule has 1 aliphatic carbocycles. The van der Waals surface area contributed by atoms with Crippen LogP contribution in [0.2, 0.25) is 0 Å². The highest BCUT2D eigenvalue weighted by Gasteiger charge is 2.37. The number of amides is 1. The van der Waals surface area contributed by atoms with Crippen molar-refractivity contribution >= 4 is 6.09 Å². The van der Waals surface area contributed by atoms with Crippen LogP contribution in [0.3, 0.4) is 0 Å². The smallest absolute Gasteiger partial charge is 0.407 e. The summed E-state index contributed by atoms with van der Waals surface area (Å²) in [7, 11) is 0. The van der Waals surface area contributed by atoms with E-state index in [9.17, 15) is 9.18 Å². The summed E-state index contributed by atoms with van der Waals surface area (Å²) in [5.41, 5.74) is -0.510. The van der Waals surface area contributed by atoms with Crippen LogP contribution >= 0.6 is 0 Å². The number of likely N-dealkylation sites (tertiary alicyclic amines) is 1. The van der Waals surface area contributed by atoms with Crippen molar-refractivity contribution in [2.75, 3.05) is 13.1 Å². The quantitative estimate of drug-likeness (QED) is 0.824. The number of hydrogen-bond donors (Lipinski definition) is 1. The summed E-state index contributed by atoms with van der Waals surface area (Å²) >= 11 is 0. The number of rotatable bonds is 2. The minimum Gasteiger partial charge on any atom is -0.444 e. The van der Waals surface area contributed by atoms with E-state index in [-0.39, 0.29) is 6.04 Å². The maximum Gasteiger partial charge on any atom is 0.407 e. The highest BCUT2D eigenvalue weighted by molar-refractivity contribution is 5.68. The van der Waals surface area contributed by atoms with Gasteiger partial charge in [0.1, 0.15) is 11.8 Å². The highest BCUT2D eigenvalue weighted by atomic mass is 19.1. The van der Waals surface area contributed by atoms with Crippen LogP contribution in [0.5, 0.6) is 0 Å². The maximum absolute atomic E-state index is 13.6. The molecule has 2 atom stereocenters. The van der Waals surface area contributed by atoms with Crippen molar-refractivity contribution < 1.29 is 13.9 Å². The molecule has 0 bridgehead atoms. The van der Waals surface area contributed by atoms with E-state index in [0.717, 1.165) is 19.4 Å². The fourth-order valence-electron chi connectivity index (χ4n) is 2.39. The molecule has 18 heavy (non-hydrogen) atoms. The van der Waals surface area contributed by atoms with Crippen LogP contribution in [-0.4, -0.2) is 47.9 Å². The number of hydrogen-bond acceptors (Lipinski definition) is 3. The van der Waals surface area contributed by atoms with Crippen LogP contribution in [0.25, 0.3) is 0 Å². The molecule has 1 heterocycles. The predicted molar refractivity (Wildman–Crippen MR) is 67.3 cm³/mol. The van der Waals surface area contributed by atoms with Crippen molar-refractivity contribution in [3.8, 4) is 0 Å². The molecule has 104 valence electrons. The van der Waals surface area contributed by atoms with Crippen molar-refractivity contribution in [3.05, 3.63) is 0 Å². The number of carbonyl (C=O) groups excluding carboxylic acids is 1. The molecule has 0 aromatic carbocycles. The van der Waals surface area contributed by atoms with Crippen molar-refractivity contribution in [2.24, 2.45) is 0 Å². The molecular formula is C13H23FN2O2. The first-order valence-corrected chi connectivity index (χ1v) is 6.71. The Hall–Kier alpha value is -0.840. The minimum absolute atomic E-state index is 0.135. The number of alkyl carbamates (subject to hydrolysis) is 1. The number of piperidine rings is 1. The zero-order valence-electron chi connectivity index (χ0n) is 11.4. The molecule has 1 aliphatic heterocycles. The largest absolute Gasteiger partial charge is 0.444 e. The first kappa shape index (κ1) is 13.6. The SMILES string of the molecule is CC(C)(C)OC(=O)N[C@@H]1C[C@@H](F)CN(C2CC2)C1. The second-order valence-corrected chi connectivity index (χ2v) is 6.36. The summed E-state index contributed by atoms with van der Waals surface area (Å²) in [6.45, 7) is 6.72. The van der Waals surface area contributed by atoms with Crippen molar-refractivity contribution in [2.45, 2.75) is 63.9 Å². The first-order chi connectivity index (χ1) is 8.33. The third-order valence-electron chi connectivity index (χ3n) is 3.21. The molecule has 1 saturated carbocycles. The molecule has 4 nitrogen and oxygen atoms in total. The molecule has 0 aromatic heterocycles. The zero-order valence-corrected chi connectivity index (χ0v) is 11.4. The van der Waals surface area contributed by atoms with E-state index in [1.54, 1.807) is 0 Å². The second kappa shape index (κ2) is 5.03. The first-order valence-electron chi connectivity index (χ1n) is 6.71. The van der Waals surface area contributed by atoms with Gasteiger partial charge in [0.2, 0.25) is 0 Å². The van der Waals surface area contributed by atoms with E-state index in [4.69, 9.17) is 4.74 Å². The fraction of sp³-hybridized carbons (Fsp3) is 0.923. The lowest BCUT2D eigenvalue weighted by molar-refractivity contribution is 0.0424. The fourth-order valence-corrected chi connectivity index (χ4v) is 2.39. The Bertz CT molecular complexity index is 313. The Morgan fingerprint density at radius 3 is 2.56 bits per heavy atom. The third kappa shape index (κ3) is 4.12. The van der Waals surface area contributed by atoms with Crippen LogP contribution in [0, 0.1) is 0 Å². The van der Waals surface area contributed by atoms with Gasteiger partial charge in [-0.2, -0.15) is 0 Å². The van der Waals surface area contributed by atoms with Crippen LogP contribution < -0.4 is 5.32 Å². The van der Waals surface area contributed by atoms with E-state index in [1.807, 2.05) is 20.8 Å². The molecule has 1 amide bonds. The van der Waals surface area contributed by atoms with Gasteiger partial charge >= 0.3 is 6.09 Å². The molecule has 0 unspecified atom stereocenters. The number of alkyl halides is 1. The van der Waals surface area contributed by atoms with Crippen molar-refractivity contribution in [1.29, 1.82) is 0 Å². The molecule has 2 fully saturated rings. The summed E-state index contributed by atoms with van der Waals surface area (Å²) < 4.78 is 18.8. The number of halogens is 1. The van der Waals surface area contributed by atoms with E-state index in [2.05, 4.69) is 10.2 Å². The summed E-state index contributed by atoms with van der Waals surface area (Å²) in [4.78, 5) is 13.8. The zero-order chi connectivity index (χ0) is 13.3. The van der Waals surface area contributed by atoms with E-state index >= 15 is 0 Å². The Labute approximate surface area is 108 Å². The molecule has 1 N–H and O–H groups in total. The van der Waals surface area contributed by atoms with Crippen molar-refractivity contribution in [1.82, 2.24) is 10.2 Å². The lowest BCUT2D eigenvalue weighted by Crippen LogP contribution is -2.52. The van der Waals surface area contributed by atoms with Crippen molar-refractivity contribution in [3.63, 3.8) is 0 Å². The van der Waals surface area contributed by atoms with Crippen LogP contribution in [0.4, 0.5) is 9.18 Å². The maximum atomic E-state index is 13.6. The van der Waals surface area contributed by atoms with E-state index < -0.39 is 17.9 Å². The number of nitrogens with one attached hydrogen (secondary N) is 1. The van der Waals surface area contributed by atoms with Gasteiger partial charge in [0.15, 0.2) is 0 Å². The Balaban J connectivity index is 1.82. The van der Waals surface area contributed by atoms with Crippen LogP contribution in [0.15, 0.2) is 0 Å². The molecule has 0 aromatic rings. The summed E-state index contributed by atoms with van der Waals surface area (Å²) in [6.07, 6.45) is 1.41. The second-order valence-electron chi connectivity index (χ2n) is 6.36. The Morgan fingerprint density at radius 2 is 2.00 bits per heavy atom. The molecule has 2 aliphatic rings. The summed E-state index contributed by atoms with van der Waals surface area (Å²) in [5.74, 6) is 0. The highest BCUT2D eigenvalue weighted by Crippen LogP contribution is 2.30. The number of ether oxygens (including phenoxy) is 1. The number of carbonyl (C=O) groups is 1. The van der Waals surface area contributed by atoms with Gasteiger partial charge in [-0.15, -0.1) is 0 Å². The summed E-state index contributed by atoms with van der Waals surface area (Å²) in [6, 6.07) is 0.399. The van der Waals surface area contributed by atoms with Crippen LogP contribution in [0.1, 0.15) is 40.0 Å². The Morgan fingerprint density at radius 1 is 1.33 bits per heavy atom. The molecule has 1 saturated heterocycles. The molecule has 5 heteroatoms. The van der Waals surface area contributed by atoms with E-state index in [1.165, 1.54) is 0 Å². The molecular weight excluding hydrogens is 235 g/mol. The van der Waals surface area contributed by atoms with Gasteiger partial charge in [-0.1, -0.05) is 0 Å².